The average Bonchev–Trinajstić information content (AvgIpc) is 2.76. The molecule has 0 aliphatic carbocycles. The van der Waals surface area contributed by atoms with E-state index in [4.69, 9.17) is 17.3 Å². The van der Waals surface area contributed by atoms with Crippen LogP contribution in [0.15, 0.2) is 24.3 Å². The second-order valence-electron chi connectivity index (χ2n) is 3.67. The van der Waals surface area contributed by atoms with E-state index in [2.05, 4.69) is 10.2 Å². The van der Waals surface area contributed by atoms with E-state index in [-0.39, 0.29) is 11.6 Å². The molecule has 0 radical (unpaired) electrons. The fourth-order valence-corrected chi connectivity index (χ4v) is 1.78. The standard InChI is InChI=1S/C11H9ClF3N3/c12-9-3-6(11(13,14)15)1-2-8(9)10-4-7(5-16)17-18-10/h1-4H,5,16H2,(H,17,18). The first-order valence-corrected chi connectivity index (χ1v) is 5.41. The van der Waals surface area contributed by atoms with Crippen LogP contribution in [0.1, 0.15) is 11.3 Å². The normalized spacial score (nSPS) is 11.8. The smallest absolute Gasteiger partial charge is 0.325 e. The average molecular weight is 276 g/mol. The van der Waals surface area contributed by atoms with Crippen molar-refractivity contribution < 1.29 is 13.2 Å². The molecule has 0 unspecified atom stereocenters. The zero-order valence-corrected chi connectivity index (χ0v) is 9.81. The Balaban J connectivity index is 2.41. The lowest BCUT2D eigenvalue weighted by atomic mass is 10.1. The molecule has 18 heavy (non-hydrogen) atoms. The van der Waals surface area contributed by atoms with Crippen molar-refractivity contribution in [3.05, 3.63) is 40.5 Å². The van der Waals surface area contributed by atoms with E-state index in [0.29, 0.717) is 17.0 Å². The number of nitrogens with two attached hydrogens (primary N) is 1. The van der Waals surface area contributed by atoms with Crippen LogP contribution >= 0.6 is 11.6 Å². The summed E-state index contributed by atoms with van der Waals surface area (Å²) in [6.07, 6.45) is -4.41. The number of aromatic nitrogens is 2. The zero-order valence-electron chi connectivity index (χ0n) is 9.05. The minimum absolute atomic E-state index is 0.0000959. The number of halogens is 4. The number of H-pyrrole nitrogens is 1. The molecule has 0 bridgehead atoms. The molecule has 7 heteroatoms. The van der Waals surface area contributed by atoms with Gasteiger partial charge in [-0.15, -0.1) is 0 Å². The Morgan fingerprint density at radius 3 is 2.50 bits per heavy atom. The Hall–Kier alpha value is -1.53. The van der Waals surface area contributed by atoms with Crippen LogP contribution in [0.4, 0.5) is 13.2 Å². The summed E-state index contributed by atoms with van der Waals surface area (Å²) in [4.78, 5) is 0. The predicted octanol–water partition coefficient (Wildman–Crippen LogP) is 3.21. The maximum Gasteiger partial charge on any atom is 0.416 e. The number of hydrogen-bond acceptors (Lipinski definition) is 2. The molecular formula is C11H9ClF3N3. The number of benzene rings is 1. The van der Waals surface area contributed by atoms with Crippen LogP contribution in [0.5, 0.6) is 0 Å². The zero-order chi connectivity index (χ0) is 13.3. The van der Waals surface area contributed by atoms with Gasteiger partial charge in [0.2, 0.25) is 0 Å². The highest BCUT2D eigenvalue weighted by molar-refractivity contribution is 6.33. The number of nitrogens with one attached hydrogen (secondary N) is 1. The van der Waals surface area contributed by atoms with E-state index in [1.165, 1.54) is 6.07 Å². The topological polar surface area (TPSA) is 54.7 Å². The van der Waals surface area contributed by atoms with Gasteiger partial charge in [0.15, 0.2) is 0 Å². The van der Waals surface area contributed by atoms with Gasteiger partial charge in [-0.25, -0.2) is 0 Å². The van der Waals surface area contributed by atoms with E-state index in [1.54, 1.807) is 6.07 Å². The Morgan fingerprint density at radius 1 is 1.28 bits per heavy atom. The summed E-state index contributed by atoms with van der Waals surface area (Å²) in [6.45, 7) is 0.269. The van der Waals surface area contributed by atoms with Crippen molar-refractivity contribution >= 4 is 11.6 Å². The van der Waals surface area contributed by atoms with Gasteiger partial charge in [-0.2, -0.15) is 18.3 Å². The molecule has 0 atom stereocenters. The highest BCUT2D eigenvalue weighted by atomic mass is 35.5. The van der Waals surface area contributed by atoms with Gasteiger partial charge in [0.1, 0.15) is 0 Å². The van der Waals surface area contributed by atoms with Gasteiger partial charge in [-0.1, -0.05) is 17.7 Å². The molecule has 0 saturated heterocycles. The molecule has 1 aromatic carbocycles. The largest absolute Gasteiger partial charge is 0.416 e. The Kier molecular flexibility index (Phi) is 3.32. The second kappa shape index (κ2) is 4.62. The number of alkyl halides is 3. The van der Waals surface area contributed by atoms with Crippen molar-refractivity contribution in [2.75, 3.05) is 0 Å². The first-order chi connectivity index (χ1) is 8.41. The minimum atomic E-state index is -4.41. The molecular weight excluding hydrogens is 267 g/mol. The lowest BCUT2D eigenvalue weighted by Crippen LogP contribution is -2.04. The molecule has 2 aromatic rings. The lowest BCUT2D eigenvalue weighted by molar-refractivity contribution is -0.137. The fraction of sp³-hybridized carbons (Fsp3) is 0.182. The van der Waals surface area contributed by atoms with Crippen molar-refractivity contribution in [3.8, 4) is 11.3 Å². The summed E-state index contributed by atoms with van der Waals surface area (Å²) in [5.74, 6) is 0. The quantitative estimate of drug-likeness (QED) is 0.884. The number of aromatic amines is 1. The predicted molar refractivity (Wildman–Crippen MR) is 61.9 cm³/mol. The minimum Gasteiger partial charge on any atom is -0.325 e. The summed E-state index contributed by atoms with van der Waals surface area (Å²) in [5.41, 5.74) is 6.20. The van der Waals surface area contributed by atoms with Crippen LogP contribution in [0, 0.1) is 0 Å². The Bertz CT molecular complexity index is 563. The highest BCUT2D eigenvalue weighted by Gasteiger charge is 2.31. The van der Waals surface area contributed by atoms with Gasteiger partial charge in [-0.3, -0.25) is 5.10 Å². The van der Waals surface area contributed by atoms with Crippen molar-refractivity contribution in [2.24, 2.45) is 5.73 Å². The molecule has 0 fully saturated rings. The van der Waals surface area contributed by atoms with E-state index < -0.39 is 11.7 Å². The van der Waals surface area contributed by atoms with Crippen LogP contribution in [0.25, 0.3) is 11.3 Å². The van der Waals surface area contributed by atoms with Crippen molar-refractivity contribution in [1.82, 2.24) is 10.2 Å². The molecule has 0 aliphatic rings. The first-order valence-electron chi connectivity index (χ1n) is 5.03. The van der Waals surface area contributed by atoms with Crippen LogP contribution in [-0.2, 0) is 12.7 Å². The van der Waals surface area contributed by atoms with Gasteiger partial charge < -0.3 is 5.73 Å². The van der Waals surface area contributed by atoms with Crippen molar-refractivity contribution in [1.29, 1.82) is 0 Å². The maximum atomic E-state index is 12.5. The van der Waals surface area contributed by atoms with Crippen molar-refractivity contribution in [2.45, 2.75) is 12.7 Å². The first kappa shape index (κ1) is 12.9. The van der Waals surface area contributed by atoms with Gasteiger partial charge in [-0.05, 0) is 18.2 Å². The number of hydrogen-bond donors (Lipinski definition) is 2. The third-order valence-corrected chi connectivity index (χ3v) is 2.74. The van der Waals surface area contributed by atoms with E-state index in [9.17, 15) is 13.2 Å². The summed E-state index contributed by atoms with van der Waals surface area (Å²) in [6, 6.07) is 4.79. The summed E-state index contributed by atoms with van der Waals surface area (Å²) >= 11 is 5.84. The summed E-state index contributed by atoms with van der Waals surface area (Å²) in [7, 11) is 0. The Labute approximate surface area is 106 Å². The van der Waals surface area contributed by atoms with Crippen LogP contribution in [-0.4, -0.2) is 10.2 Å². The molecule has 0 spiro atoms. The number of nitrogens with zero attached hydrogens (tertiary/aromatic N) is 1. The maximum absolute atomic E-state index is 12.5. The molecule has 2 rings (SSSR count). The van der Waals surface area contributed by atoms with E-state index >= 15 is 0 Å². The SMILES string of the molecule is NCc1cc(-c2ccc(C(F)(F)F)cc2Cl)n[nH]1. The van der Waals surface area contributed by atoms with Crippen LogP contribution in [0.3, 0.4) is 0 Å². The molecule has 0 saturated carbocycles. The fourth-order valence-electron chi connectivity index (χ4n) is 1.50. The second-order valence-corrected chi connectivity index (χ2v) is 4.08. The molecule has 0 aliphatic heterocycles. The molecule has 1 aromatic heterocycles. The Morgan fingerprint density at radius 2 is 2.00 bits per heavy atom. The van der Waals surface area contributed by atoms with Gasteiger partial charge >= 0.3 is 6.18 Å². The highest BCUT2D eigenvalue weighted by Crippen LogP contribution is 2.35. The molecule has 3 N–H and O–H groups in total. The van der Waals surface area contributed by atoms with E-state index in [1.807, 2.05) is 0 Å². The molecule has 3 nitrogen and oxygen atoms in total. The van der Waals surface area contributed by atoms with Crippen LogP contribution in [0.2, 0.25) is 5.02 Å². The third kappa shape index (κ3) is 2.49. The molecule has 96 valence electrons. The molecule has 1 heterocycles. The summed E-state index contributed by atoms with van der Waals surface area (Å²) in [5, 5.41) is 6.61. The van der Waals surface area contributed by atoms with Gasteiger partial charge in [0, 0.05) is 17.8 Å². The van der Waals surface area contributed by atoms with Crippen LogP contribution < -0.4 is 5.73 Å². The lowest BCUT2D eigenvalue weighted by Gasteiger charge is -2.08. The summed E-state index contributed by atoms with van der Waals surface area (Å²) < 4.78 is 37.4. The van der Waals surface area contributed by atoms with E-state index in [0.717, 1.165) is 12.1 Å². The number of rotatable bonds is 2. The third-order valence-electron chi connectivity index (χ3n) is 2.42. The molecule has 0 amide bonds. The van der Waals surface area contributed by atoms with Gasteiger partial charge in [0.25, 0.3) is 0 Å². The monoisotopic (exact) mass is 275 g/mol. The van der Waals surface area contributed by atoms with Gasteiger partial charge in [0.05, 0.1) is 16.3 Å². The van der Waals surface area contributed by atoms with Crippen molar-refractivity contribution in [3.63, 3.8) is 0 Å².